The Kier molecular flexibility index (Phi) is 3.85. The van der Waals surface area contributed by atoms with E-state index >= 15 is 0 Å². The highest BCUT2D eigenvalue weighted by molar-refractivity contribution is 5.93. The molecule has 0 aliphatic rings. The number of furan rings is 1. The van der Waals surface area contributed by atoms with Crippen LogP contribution in [0.4, 0.5) is 0 Å². The van der Waals surface area contributed by atoms with Crippen molar-refractivity contribution in [1.29, 1.82) is 0 Å². The molecule has 2 aromatic rings. The zero-order valence-corrected chi connectivity index (χ0v) is 11.0. The Morgan fingerprint density at radius 1 is 1.55 bits per heavy atom. The average Bonchev–Trinajstić information content (AvgIpc) is 2.89. The minimum Gasteiger partial charge on any atom is -0.468 e. The lowest BCUT2D eigenvalue weighted by Crippen LogP contribution is -2.29. The van der Waals surface area contributed by atoms with Crippen LogP contribution < -0.4 is 21.6 Å². The van der Waals surface area contributed by atoms with Crippen molar-refractivity contribution in [3.05, 3.63) is 45.8 Å². The zero-order chi connectivity index (χ0) is 14.7. The van der Waals surface area contributed by atoms with Crippen LogP contribution in [-0.4, -0.2) is 22.6 Å². The number of carbonyl (C=O) groups excluding carboxylic acids is 1. The average molecular weight is 278 g/mol. The van der Waals surface area contributed by atoms with Gasteiger partial charge in [-0.1, -0.05) is 0 Å². The van der Waals surface area contributed by atoms with Crippen LogP contribution in [0.3, 0.4) is 0 Å². The largest absolute Gasteiger partial charge is 0.468 e. The van der Waals surface area contributed by atoms with Gasteiger partial charge in [0.1, 0.15) is 12.0 Å². The van der Waals surface area contributed by atoms with Crippen molar-refractivity contribution in [3.63, 3.8) is 0 Å². The van der Waals surface area contributed by atoms with Crippen molar-refractivity contribution in [2.75, 3.05) is 7.11 Å². The number of aromatic nitrogens is 2. The van der Waals surface area contributed by atoms with Gasteiger partial charge in [-0.05, 0) is 13.0 Å². The molecule has 106 valence electrons. The maximum Gasteiger partial charge on any atom is 0.299 e. The summed E-state index contributed by atoms with van der Waals surface area (Å²) in [4.78, 5) is 27.3. The highest BCUT2D eigenvalue weighted by atomic mass is 16.5. The van der Waals surface area contributed by atoms with E-state index < -0.39 is 5.91 Å². The molecule has 0 unspecified atom stereocenters. The fourth-order valence-electron chi connectivity index (χ4n) is 1.72. The molecule has 0 spiro atoms. The Hall–Kier alpha value is -2.61. The van der Waals surface area contributed by atoms with Crippen molar-refractivity contribution in [2.24, 2.45) is 5.84 Å². The number of rotatable bonds is 4. The minimum atomic E-state index is -0.471. The fourth-order valence-corrected chi connectivity index (χ4v) is 1.72. The molecule has 0 aliphatic carbocycles. The molecule has 1 amide bonds. The van der Waals surface area contributed by atoms with Crippen LogP contribution in [0.1, 0.15) is 21.8 Å². The number of hydrogen-bond donors (Lipinski definition) is 2. The van der Waals surface area contributed by atoms with Gasteiger partial charge in [0.2, 0.25) is 0 Å². The summed E-state index contributed by atoms with van der Waals surface area (Å²) < 4.78 is 11.6. The second-order valence-corrected chi connectivity index (χ2v) is 4.08. The van der Waals surface area contributed by atoms with Crippen molar-refractivity contribution in [2.45, 2.75) is 13.5 Å². The lowest BCUT2D eigenvalue weighted by Gasteiger charge is -2.09. The van der Waals surface area contributed by atoms with Gasteiger partial charge in [0.05, 0.1) is 19.2 Å². The molecular weight excluding hydrogens is 264 g/mol. The summed E-state index contributed by atoms with van der Waals surface area (Å²) in [5.41, 5.74) is 2.56. The fraction of sp³-hybridized carbons (Fsp3) is 0.250. The number of nitrogens with zero attached hydrogens (tertiary/aromatic N) is 2. The topological polar surface area (TPSA) is 112 Å². The van der Waals surface area contributed by atoms with Gasteiger partial charge in [0, 0.05) is 11.8 Å². The second kappa shape index (κ2) is 5.57. The van der Waals surface area contributed by atoms with E-state index in [2.05, 4.69) is 4.98 Å². The molecule has 2 rings (SSSR count). The molecule has 0 bridgehead atoms. The van der Waals surface area contributed by atoms with Gasteiger partial charge in [-0.2, -0.15) is 0 Å². The molecule has 2 aromatic heterocycles. The van der Waals surface area contributed by atoms with Crippen LogP contribution in [0, 0.1) is 6.92 Å². The zero-order valence-electron chi connectivity index (χ0n) is 11.0. The van der Waals surface area contributed by atoms with Crippen LogP contribution >= 0.6 is 0 Å². The smallest absolute Gasteiger partial charge is 0.299 e. The third kappa shape index (κ3) is 2.69. The Bertz CT molecular complexity index is 689. The number of carbonyl (C=O) groups is 1. The first-order valence-corrected chi connectivity index (χ1v) is 5.76. The predicted octanol–water partition coefficient (Wildman–Crippen LogP) is -0.195. The van der Waals surface area contributed by atoms with Gasteiger partial charge in [0.15, 0.2) is 0 Å². The molecule has 0 saturated carbocycles. The van der Waals surface area contributed by atoms with Crippen molar-refractivity contribution in [1.82, 2.24) is 15.0 Å². The lowest BCUT2D eigenvalue weighted by molar-refractivity contribution is 0.0953. The summed E-state index contributed by atoms with van der Waals surface area (Å²) in [5, 5.41) is 0. The van der Waals surface area contributed by atoms with Gasteiger partial charge < -0.3 is 9.15 Å². The molecule has 0 aromatic carbocycles. The molecule has 2 heterocycles. The van der Waals surface area contributed by atoms with E-state index in [4.69, 9.17) is 15.0 Å². The molecule has 8 nitrogen and oxygen atoms in total. The number of methoxy groups -OCH3 is 1. The van der Waals surface area contributed by atoms with Crippen LogP contribution in [0.2, 0.25) is 0 Å². The van der Waals surface area contributed by atoms with Gasteiger partial charge in [-0.15, -0.1) is 0 Å². The van der Waals surface area contributed by atoms with Crippen LogP contribution in [0.5, 0.6) is 6.01 Å². The van der Waals surface area contributed by atoms with Crippen molar-refractivity contribution >= 4 is 5.91 Å². The SMILES string of the molecule is COc1nc(C)cc(=O)n1Cc1cc(C(=O)NN)co1. The van der Waals surface area contributed by atoms with Crippen LogP contribution in [0.25, 0.3) is 0 Å². The number of hydrogen-bond acceptors (Lipinski definition) is 6. The van der Waals surface area contributed by atoms with E-state index in [1.807, 2.05) is 5.43 Å². The van der Waals surface area contributed by atoms with Crippen molar-refractivity contribution in [3.8, 4) is 6.01 Å². The van der Waals surface area contributed by atoms with Gasteiger partial charge >= 0.3 is 0 Å². The standard InChI is InChI=1S/C12H14N4O4/c1-7-3-10(17)16(12(14-7)19-2)5-9-4-8(6-20-9)11(18)15-13/h3-4,6H,5,13H2,1-2H3,(H,15,18). The van der Waals surface area contributed by atoms with Crippen LogP contribution in [0.15, 0.2) is 27.6 Å². The first-order valence-electron chi connectivity index (χ1n) is 5.76. The number of ether oxygens (including phenoxy) is 1. The van der Waals surface area contributed by atoms with E-state index in [1.54, 1.807) is 6.92 Å². The lowest BCUT2D eigenvalue weighted by atomic mass is 10.3. The Morgan fingerprint density at radius 3 is 2.95 bits per heavy atom. The molecule has 3 N–H and O–H groups in total. The number of hydrazine groups is 1. The number of nitrogen functional groups attached to an aromatic ring is 1. The van der Waals surface area contributed by atoms with Gasteiger partial charge in [-0.3, -0.25) is 19.6 Å². The first kappa shape index (κ1) is 13.8. The maximum atomic E-state index is 11.9. The molecule has 20 heavy (non-hydrogen) atoms. The van der Waals surface area contributed by atoms with E-state index in [0.29, 0.717) is 11.5 Å². The Morgan fingerprint density at radius 2 is 2.30 bits per heavy atom. The van der Waals surface area contributed by atoms with E-state index in [9.17, 15) is 9.59 Å². The normalized spacial score (nSPS) is 10.3. The number of nitrogens with one attached hydrogen (secondary N) is 1. The third-order valence-electron chi connectivity index (χ3n) is 2.64. The molecule has 0 radical (unpaired) electrons. The van der Waals surface area contributed by atoms with E-state index in [0.717, 1.165) is 0 Å². The molecule has 0 atom stereocenters. The quantitative estimate of drug-likeness (QED) is 0.455. The van der Waals surface area contributed by atoms with Crippen LogP contribution in [-0.2, 0) is 6.54 Å². The summed E-state index contributed by atoms with van der Waals surface area (Å²) in [6.07, 6.45) is 1.26. The molecule has 0 saturated heterocycles. The second-order valence-electron chi connectivity index (χ2n) is 4.08. The molecule has 8 heteroatoms. The highest BCUT2D eigenvalue weighted by Gasteiger charge is 2.13. The monoisotopic (exact) mass is 278 g/mol. The van der Waals surface area contributed by atoms with E-state index in [1.165, 1.54) is 30.1 Å². The van der Waals surface area contributed by atoms with Crippen molar-refractivity contribution < 1.29 is 13.9 Å². The first-order chi connectivity index (χ1) is 9.55. The van der Waals surface area contributed by atoms with Gasteiger partial charge in [-0.25, -0.2) is 10.8 Å². The summed E-state index contributed by atoms with van der Waals surface area (Å²) in [6, 6.07) is 3.06. The van der Waals surface area contributed by atoms with Gasteiger partial charge in [0.25, 0.3) is 17.5 Å². The summed E-state index contributed by atoms with van der Waals surface area (Å²) >= 11 is 0. The van der Waals surface area contributed by atoms with E-state index in [-0.39, 0.29) is 23.7 Å². The Balaban J connectivity index is 2.33. The summed E-state index contributed by atoms with van der Waals surface area (Å²) in [7, 11) is 1.42. The molecular formula is C12H14N4O4. The molecule has 0 aliphatic heterocycles. The number of aryl methyl sites for hydroxylation is 1. The number of nitrogens with two attached hydrogens (primary N) is 1. The maximum absolute atomic E-state index is 11.9. The summed E-state index contributed by atoms with van der Waals surface area (Å²) in [6.45, 7) is 1.80. The predicted molar refractivity (Wildman–Crippen MR) is 69.2 cm³/mol. The molecule has 0 fully saturated rings. The highest BCUT2D eigenvalue weighted by Crippen LogP contribution is 2.12. The summed E-state index contributed by atoms with van der Waals surface area (Å²) in [5.74, 6) is 4.97. The number of amides is 1. The minimum absolute atomic E-state index is 0.104. The third-order valence-corrected chi connectivity index (χ3v) is 2.64. The Labute approximate surface area is 114 Å².